The van der Waals surface area contributed by atoms with E-state index in [1.807, 2.05) is 0 Å². The average Bonchev–Trinajstić information content (AvgIpc) is 2.83. The average molecular weight is 380 g/mol. The van der Waals surface area contributed by atoms with Crippen molar-refractivity contribution in [1.82, 2.24) is 10.6 Å². The van der Waals surface area contributed by atoms with Crippen LogP contribution in [0.2, 0.25) is 0 Å². The molecule has 0 unspecified atom stereocenters. The molecule has 20 heavy (non-hydrogen) atoms. The largest absolute Gasteiger partial charge is 0.352 e. The molecular formula is C14H20BrClN2OS. The summed E-state index contributed by atoms with van der Waals surface area (Å²) in [4.78, 5) is 13.1. The van der Waals surface area contributed by atoms with Crippen molar-refractivity contribution < 1.29 is 4.79 Å². The highest BCUT2D eigenvalue weighted by Crippen LogP contribution is 2.23. The monoisotopic (exact) mass is 378 g/mol. The van der Waals surface area contributed by atoms with Crippen molar-refractivity contribution in [3.05, 3.63) is 32.4 Å². The van der Waals surface area contributed by atoms with E-state index >= 15 is 0 Å². The summed E-state index contributed by atoms with van der Waals surface area (Å²) in [6.07, 6.45) is 5.73. The van der Waals surface area contributed by atoms with Gasteiger partial charge in [0.2, 0.25) is 5.91 Å². The van der Waals surface area contributed by atoms with Gasteiger partial charge in [-0.05, 0) is 53.9 Å². The van der Waals surface area contributed by atoms with Crippen molar-refractivity contribution in [1.29, 1.82) is 0 Å². The number of hydrogen-bond acceptors (Lipinski definition) is 3. The molecule has 1 amide bonds. The Morgan fingerprint density at radius 1 is 1.45 bits per heavy atom. The molecule has 0 radical (unpaired) electrons. The molecule has 2 rings (SSSR count). The highest BCUT2D eigenvalue weighted by atomic mass is 79.9. The van der Waals surface area contributed by atoms with Crippen LogP contribution >= 0.6 is 39.7 Å². The van der Waals surface area contributed by atoms with E-state index in [0.29, 0.717) is 13.0 Å². The third-order valence-electron chi connectivity index (χ3n) is 3.13. The first-order valence-electron chi connectivity index (χ1n) is 6.63. The highest BCUT2D eigenvalue weighted by molar-refractivity contribution is 9.11. The summed E-state index contributed by atoms with van der Waals surface area (Å²) in [6.45, 7) is 2.67. The molecule has 112 valence electrons. The van der Waals surface area contributed by atoms with Crippen LogP contribution in [0.5, 0.6) is 0 Å². The minimum absolute atomic E-state index is 0. The van der Waals surface area contributed by atoms with E-state index < -0.39 is 0 Å². The zero-order chi connectivity index (χ0) is 13.5. The summed E-state index contributed by atoms with van der Waals surface area (Å²) in [5, 5.41) is 6.27. The SMILES string of the molecule is Cl.O=C(CCCc1ccc(Br)s1)NCC1=CCNCC1. The molecule has 0 aromatic carbocycles. The van der Waals surface area contributed by atoms with Crippen LogP contribution in [0.25, 0.3) is 0 Å². The molecule has 3 nitrogen and oxygen atoms in total. The van der Waals surface area contributed by atoms with Gasteiger partial charge in [-0.1, -0.05) is 11.6 Å². The van der Waals surface area contributed by atoms with E-state index in [1.165, 1.54) is 10.5 Å². The Balaban J connectivity index is 0.00000200. The molecule has 6 heteroatoms. The summed E-state index contributed by atoms with van der Waals surface area (Å²) < 4.78 is 1.16. The molecule has 1 aliphatic rings. The van der Waals surface area contributed by atoms with Gasteiger partial charge in [-0.3, -0.25) is 4.79 Å². The Labute approximate surface area is 138 Å². The predicted molar refractivity (Wildman–Crippen MR) is 90.8 cm³/mol. The molecular weight excluding hydrogens is 360 g/mol. The maximum absolute atomic E-state index is 11.7. The Morgan fingerprint density at radius 2 is 2.30 bits per heavy atom. The fraction of sp³-hybridized carbons (Fsp3) is 0.500. The van der Waals surface area contributed by atoms with E-state index in [-0.39, 0.29) is 18.3 Å². The number of amides is 1. The van der Waals surface area contributed by atoms with Gasteiger partial charge >= 0.3 is 0 Å². The topological polar surface area (TPSA) is 41.1 Å². The minimum atomic E-state index is 0. The second kappa shape index (κ2) is 9.55. The third-order valence-corrected chi connectivity index (χ3v) is 4.81. The minimum Gasteiger partial charge on any atom is -0.352 e. The lowest BCUT2D eigenvalue weighted by Crippen LogP contribution is -2.29. The Hall–Kier alpha value is -0.360. The van der Waals surface area contributed by atoms with Gasteiger partial charge in [0, 0.05) is 24.4 Å². The zero-order valence-electron chi connectivity index (χ0n) is 11.3. The van der Waals surface area contributed by atoms with Crippen molar-refractivity contribution in [2.75, 3.05) is 19.6 Å². The van der Waals surface area contributed by atoms with E-state index in [0.717, 1.165) is 36.1 Å². The first kappa shape index (κ1) is 17.7. The van der Waals surface area contributed by atoms with E-state index in [2.05, 4.69) is 44.8 Å². The molecule has 2 heterocycles. The third kappa shape index (κ3) is 6.39. The van der Waals surface area contributed by atoms with E-state index in [1.54, 1.807) is 11.3 Å². The van der Waals surface area contributed by atoms with Crippen LogP contribution in [0.15, 0.2) is 27.6 Å². The van der Waals surface area contributed by atoms with Gasteiger partial charge in [0.05, 0.1) is 3.79 Å². The number of carbonyl (C=O) groups excluding carboxylic acids is 1. The molecule has 0 saturated heterocycles. The predicted octanol–water partition coefficient (Wildman–Crippen LogP) is 3.29. The molecule has 0 spiro atoms. The van der Waals surface area contributed by atoms with Crippen molar-refractivity contribution >= 4 is 45.6 Å². The molecule has 0 atom stereocenters. The quantitative estimate of drug-likeness (QED) is 0.745. The first-order chi connectivity index (χ1) is 9.24. The van der Waals surface area contributed by atoms with Crippen molar-refractivity contribution in [2.24, 2.45) is 0 Å². The van der Waals surface area contributed by atoms with E-state index in [4.69, 9.17) is 0 Å². The lowest BCUT2D eigenvalue weighted by atomic mass is 10.1. The van der Waals surface area contributed by atoms with Crippen LogP contribution in [0.3, 0.4) is 0 Å². The Morgan fingerprint density at radius 3 is 2.95 bits per heavy atom. The number of aryl methyl sites for hydroxylation is 1. The molecule has 2 N–H and O–H groups in total. The summed E-state index contributed by atoms with van der Waals surface area (Å²) in [5.41, 5.74) is 1.34. The number of rotatable bonds is 6. The maximum atomic E-state index is 11.7. The molecule has 0 fully saturated rings. The van der Waals surface area contributed by atoms with Crippen LogP contribution in [0.1, 0.15) is 24.1 Å². The van der Waals surface area contributed by atoms with Crippen LogP contribution in [-0.4, -0.2) is 25.5 Å². The fourth-order valence-corrected chi connectivity index (χ4v) is 3.56. The van der Waals surface area contributed by atoms with Crippen molar-refractivity contribution in [3.63, 3.8) is 0 Å². The summed E-state index contributed by atoms with van der Waals surface area (Å²) in [6, 6.07) is 4.18. The molecule has 0 saturated carbocycles. The molecule has 1 aromatic rings. The summed E-state index contributed by atoms with van der Waals surface area (Å²) in [5.74, 6) is 0.162. The lowest BCUT2D eigenvalue weighted by Gasteiger charge is -2.14. The standard InChI is InChI=1S/C14H19BrN2OS.ClH/c15-13-5-4-12(19-13)2-1-3-14(18)17-10-11-6-8-16-9-7-11;/h4-6,16H,1-3,7-10H2,(H,17,18);1H. The van der Waals surface area contributed by atoms with Crippen LogP contribution in [0, 0.1) is 0 Å². The zero-order valence-corrected chi connectivity index (χ0v) is 14.5. The molecule has 0 aliphatic carbocycles. The second-order valence-electron chi connectivity index (χ2n) is 4.65. The van der Waals surface area contributed by atoms with Gasteiger partial charge in [0.1, 0.15) is 0 Å². The normalized spacial score (nSPS) is 14.3. The molecule has 1 aliphatic heterocycles. The van der Waals surface area contributed by atoms with Crippen molar-refractivity contribution in [2.45, 2.75) is 25.7 Å². The number of hydrogen-bond donors (Lipinski definition) is 2. The van der Waals surface area contributed by atoms with Gasteiger partial charge in [-0.2, -0.15) is 0 Å². The van der Waals surface area contributed by atoms with Crippen LogP contribution in [-0.2, 0) is 11.2 Å². The van der Waals surface area contributed by atoms with E-state index in [9.17, 15) is 4.79 Å². The maximum Gasteiger partial charge on any atom is 0.220 e. The smallest absolute Gasteiger partial charge is 0.220 e. The number of thiophene rings is 1. The van der Waals surface area contributed by atoms with Gasteiger partial charge < -0.3 is 10.6 Å². The van der Waals surface area contributed by atoms with Gasteiger partial charge in [-0.15, -0.1) is 23.7 Å². The highest BCUT2D eigenvalue weighted by Gasteiger charge is 2.06. The van der Waals surface area contributed by atoms with Gasteiger partial charge in [0.15, 0.2) is 0 Å². The Kier molecular flexibility index (Phi) is 8.45. The molecule has 0 bridgehead atoms. The van der Waals surface area contributed by atoms with Gasteiger partial charge in [0.25, 0.3) is 0 Å². The number of carbonyl (C=O) groups is 1. The fourth-order valence-electron chi connectivity index (χ4n) is 2.04. The Bertz CT molecular complexity index is 462. The molecule has 1 aromatic heterocycles. The number of halogens is 2. The van der Waals surface area contributed by atoms with Crippen LogP contribution < -0.4 is 10.6 Å². The number of nitrogens with one attached hydrogen (secondary N) is 2. The summed E-state index contributed by atoms with van der Waals surface area (Å²) >= 11 is 5.19. The van der Waals surface area contributed by atoms with Gasteiger partial charge in [-0.25, -0.2) is 0 Å². The summed E-state index contributed by atoms with van der Waals surface area (Å²) in [7, 11) is 0. The van der Waals surface area contributed by atoms with Crippen molar-refractivity contribution in [3.8, 4) is 0 Å². The van der Waals surface area contributed by atoms with Crippen LogP contribution in [0.4, 0.5) is 0 Å². The lowest BCUT2D eigenvalue weighted by molar-refractivity contribution is -0.121. The first-order valence-corrected chi connectivity index (χ1v) is 8.24. The second-order valence-corrected chi connectivity index (χ2v) is 7.20.